The summed E-state index contributed by atoms with van der Waals surface area (Å²) in [4.78, 5) is 111. The normalized spacial score (nSPS) is 10.1. The summed E-state index contributed by atoms with van der Waals surface area (Å²) in [5.41, 5.74) is -2.61. The highest BCUT2D eigenvalue weighted by molar-refractivity contribution is 8.76. The van der Waals surface area contributed by atoms with Crippen LogP contribution in [0.2, 0.25) is 0 Å². The Morgan fingerprint density at radius 3 is 1.21 bits per heavy atom. The van der Waals surface area contributed by atoms with E-state index in [0.29, 0.717) is 15.4 Å². The minimum absolute atomic E-state index is 0. The molecule has 0 aliphatic heterocycles. The van der Waals surface area contributed by atoms with Gasteiger partial charge in [0.15, 0.2) is 0 Å². The lowest BCUT2D eigenvalue weighted by molar-refractivity contribution is -0.671. The number of aliphatic carboxylic acids is 4. The number of carboxylic acid groups (broad SMARTS) is 7. The summed E-state index contributed by atoms with van der Waals surface area (Å²) in [6.07, 6.45) is -1.35. The van der Waals surface area contributed by atoms with Crippen LogP contribution >= 0.6 is 36.7 Å². The predicted molar refractivity (Wildman–Crippen MR) is 237 cm³/mol. The third-order valence-electron chi connectivity index (χ3n) is 8.38. The molecule has 0 saturated carbocycles. The molecule has 73 heavy (non-hydrogen) atoms. The van der Waals surface area contributed by atoms with Crippen molar-refractivity contribution >= 4 is 95.5 Å². The number of aromatic carboxylic acids is 3. The Balaban J connectivity index is -0.000000458. The minimum atomic E-state index is -3.17. The average molecular weight is 1100 g/mol. The fourth-order valence-electron chi connectivity index (χ4n) is 5.10. The maximum atomic E-state index is 12.1. The van der Waals surface area contributed by atoms with Crippen molar-refractivity contribution in [3.63, 3.8) is 0 Å². The molecule has 0 aliphatic rings. The average Bonchev–Trinajstić information content (AvgIpc) is 3.30. The smallest absolute Gasteiger partial charge is 0.664 e. The Morgan fingerprint density at radius 1 is 0.575 bits per heavy atom. The van der Waals surface area contributed by atoms with Crippen molar-refractivity contribution in [1.82, 2.24) is 0 Å². The van der Waals surface area contributed by atoms with Gasteiger partial charge in [-0.1, -0.05) is 48.7 Å². The lowest BCUT2D eigenvalue weighted by atomic mass is 10.1. The Kier molecular flexibility index (Phi) is 31.4. The first-order valence-corrected chi connectivity index (χ1v) is 25.6. The molecule has 2 N–H and O–H groups in total. The molecule has 0 fully saturated rings. The van der Waals surface area contributed by atoms with E-state index in [2.05, 4.69) is 22.9 Å². The molecule has 0 unspecified atom stereocenters. The van der Waals surface area contributed by atoms with Crippen LogP contribution in [0.15, 0.2) is 89.1 Å². The van der Waals surface area contributed by atoms with Crippen LogP contribution in [0.25, 0.3) is 0 Å². The van der Waals surface area contributed by atoms with Gasteiger partial charge in [-0.15, -0.1) is 0 Å². The first-order valence-electron chi connectivity index (χ1n) is 19.3. The van der Waals surface area contributed by atoms with Gasteiger partial charge in [0.25, 0.3) is 17.1 Å². The van der Waals surface area contributed by atoms with Crippen LogP contribution in [-0.2, 0) is 33.5 Å². The topological polar surface area (TPSA) is 523 Å². The monoisotopic (exact) mass is 1100 g/mol. The summed E-state index contributed by atoms with van der Waals surface area (Å²) in [5.74, 6) is -10.5. The molecule has 3 rings (SSSR count). The third kappa shape index (κ3) is 27.6. The zero-order valence-electron chi connectivity index (χ0n) is 39.4. The van der Waals surface area contributed by atoms with E-state index < -0.39 is 113 Å². The Labute approximate surface area is 422 Å². The number of nitro groups is 3. The van der Waals surface area contributed by atoms with Crippen molar-refractivity contribution in [3.8, 4) is 0 Å². The number of hydrogen-bond donors (Lipinski definition) is 0. The second kappa shape index (κ2) is 33.9. The number of nitrogens with zero attached hydrogens (tertiary/aromatic N) is 3. The molecule has 0 heterocycles. The first kappa shape index (κ1) is 67.5. The highest BCUT2D eigenvalue weighted by atomic mass is 33.1. The van der Waals surface area contributed by atoms with Crippen LogP contribution in [0.1, 0.15) is 65.2 Å². The van der Waals surface area contributed by atoms with Crippen LogP contribution in [0.5, 0.6) is 0 Å². The molecule has 0 bridgehead atoms. The van der Waals surface area contributed by atoms with Gasteiger partial charge in [-0.05, 0) is 80.8 Å². The SMILES string of the molecule is C=C(CP(=O)(CCC(=O)[O-])CCC(=O)[O-])O[O-].C=C(CP(CCC(=O)[O-])CCC(=O)[O-])O[O-].Cc1ccc([N+](=O)[O-])c(C(=O)[O-])c1.O.O=C([O-])c1cc(SSc2ccc([N+](=O)[O-])c(C(=O)[O-])c2)ccc1[N+](=O)[O-].[H+].[H+]. The lowest BCUT2D eigenvalue weighted by Crippen LogP contribution is -2.25. The zero-order valence-corrected chi connectivity index (χ0v) is 40.9. The molecule has 0 atom stereocenters. The van der Waals surface area contributed by atoms with Crippen molar-refractivity contribution < 1.29 is 117 Å². The van der Waals surface area contributed by atoms with Gasteiger partial charge in [0.05, 0.1) is 74.2 Å². The number of allylic oxidation sites excluding steroid dienone is 2. The molecule has 400 valence electrons. The molecular weight excluding hydrogens is 1060 g/mol. The van der Waals surface area contributed by atoms with Crippen molar-refractivity contribution in [3.05, 3.63) is 132 Å². The van der Waals surface area contributed by atoms with Crippen LogP contribution in [0.4, 0.5) is 17.1 Å². The summed E-state index contributed by atoms with van der Waals surface area (Å²) in [5, 5.41) is 125. The second-order valence-corrected chi connectivity index (χ2v) is 22.0. The number of rotatable bonds is 27. The van der Waals surface area contributed by atoms with Gasteiger partial charge in [-0.2, -0.15) is 0 Å². The Hall–Kier alpha value is -7.53. The Bertz CT molecular complexity index is 2480. The quantitative estimate of drug-likeness (QED) is 0.0174. The van der Waals surface area contributed by atoms with Crippen LogP contribution in [0, 0.1) is 37.3 Å². The first-order chi connectivity index (χ1) is 33.5. The third-order valence-corrected chi connectivity index (χ3v) is 16.3. The van der Waals surface area contributed by atoms with Gasteiger partial charge in [0.1, 0.15) is 0 Å². The van der Waals surface area contributed by atoms with Gasteiger partial charge < -0.3 is 99.6 Å². The van der Waals surface area contributed by atoms with E-state index >= 15 is 0 Å². The number of benzene rings is 3. The van der Waals surface area contributed by atoms with E-state index in [4.69, 9.17) is 0 Å². The molecule has 0 aliphatic carbocycles. The van der Waals surface area contributed by atoms with Crippen molar-refractivity contribution in [2.24, 2.45) is 0 Å². The van der Waals surface area contributed by atoms with E-state index in [1.807, 2.05) is 0 Å². The van der Waals surface area contributed by atoms with Gasteiger partial charge in [-0.25, -0.2) is 0 Å². The fraction of sp³-hybridized carbons (Fsp3) is 0.275. The summed E-state index contributed by atoms with van der Waals surface area (Å²) in [6.45, 7) is 8.15. The van der Waals surface area contributed by atoms with E-state index in [9.17, 15) is 115 Å². The molecule has 3 aromatic carbocycles. The highest BCUT2D eigenvalue weighted by Crippen LogP contribution is 2.48. The summed E-state index contributed by atoms with van der Waals surface area (Å²) >= 11 is 0. The molecular formula is C40H40N3O26P2S2-7. The van der Waals surface area contributed by atoms with Gasteiger partial charge in [0, 0.05) is 70.4 Å². The number of carbonyl (C=O) groups excluding carboxylic acids is 7. The van der Waals surface area contributed by atoms with E-state index in [1.54, 1.807) is 6.92 Å². The molecule has 33 heteroatoms. The summed E-state index contributed by atoms with van der Waals surface area (Å²) in [7, 11) is -2.14. The standard InChI is InChI=1S/C14H8N2O8S2.C9H15O7P.C9H15O6P.C8H7NO4.H2O/c17-13(18)9-5-7(1-3-11(9)15(21)22)25-26-8-2-4-12(16(23)24)10(6-8)14(19)20;1-7(16-14)6-17(15,4-2-8(10)11)5-3-9(12)13;1-7(15-14)6-16(4-2-8(10)11)5-3-9(12)13;1-5-2-3-7(9(12)13)6(4-5)8(10)11;/h1-6H,(H,17,18)(H,19,20);14H,1-6H2,(H,10,11)(H,12,13);14H,1-6H2,(H,10,11)(H,12,13);2-4H,1H3,(H,10,11);1H2/p-7. The van der Waals surface area contributed by atoms with Gasteiger partial charge >= 0.3 is 2.85 Å². The summed E-state index contributed by atoms with van der Waals surface area (Å²) in [6, 6.07) is 10.6. The van der Waals surface area contributed by atoms with Crippen molar-refractivity contribution in [2.75, 3.05) is 37.0 Å². The van der Waals surface area contributed by atoms with Gasteiger partial charge in [-0.3, -0.25) is 30.3 Å². The number of carboxylic acids is 7. The number of aryl methyl sites for hydroxylation is 1. The maximum Gasteiger partial charge on any atom is 1.00 e. The molecule has 0 radical (unpaired) electrons. The largest absolute Gasteiger partial charge is 1.00 e. The molecule has 29 nitrogen and oxygen atoms in total. The maximum absolute atomic E-state index is 12.1. The Morgan fingerprint density at radius 2 is 0.904 bits per heavy atom. The van der Waals surface area contributed by atoms with Crippen molar-refractivity contribution in [2.45, 2.75) is 42.4 Å². The molecule has 0 saturated heterocycles. The van der Waals surface area contributed by atoms with Crippen LogP contribution < -0.4 is 46.3 Å². The molecule has 0 spiro atoms. The molecule has 0 amide bonds. The zero-order chi connectivity index (χ0) is 55.5. The fourth-order valence-corrected chi connectivity index (χ4v) is 11.6. The van der Waals surface area contributed by atoms with Gasteiger partial charge in [0.2, 0.25) is 0 Å². The van der Waals surface area contributed by atoms with Crippen LogP contribution in [0.3, 0.4) is 0 Å². The van der Waals surface area contributed by atoms with E-state index in [1.165, 1.54) is 24.3 Å². The van der Waals surface area contributed by atoms with Crippen molar-refractivity contribution in [1.29, 1.82) is 0 Å². The lowest BCUT2D eigenvalue weighted by Gasteiger charge is -2.21. The number of nitro benzene ring substituents is 3. The summed E-state index contributed by atoms with van der Waals surface area (Å²) < 4.78 is 12.1. The second-order valence-electron chi connectivity index (χ2n) is 13.9. The number of carbonyl (C=O) groups is 7. The highest BCUT2D eigenvalue weighted by Gasteiger charge is 2.23. The predicted octanol–water partition coefficient (Wildman–Crippen LogP) is -4.31. The molecule has 3 aromatic rings. The van der Waals surface area contributed by atoms with Crippen LogP contribution in [-0.4, -0.2) is 99.0 Å². The van der Waals surface area contributed by atoms with E-state index in [-0.39, 0.29) is 75.2 Å². The van der Waals surface area contributed by atoms with E-state index in [0.717, 1.165) is 51.9 Å². The minimum Gasteiger partial charge on any atom is -0.664 e. The molecule has 0 aromatic heterocycles. The number of hydrogen-bond acceptors (Lipinski definition) is 27.